The Morgan fingerprint density at radius 1 is 1.38 bits per heavy atom. The van der Waals surface area contributed by atoms with Gasteiger partial charge in [0.2, 0.25) is 0 Å². The Morgan fingerprint density at radius 2 is 2.17 bits per heavy atom. The predicted octanol–water partition coefficient (Wildman–Crippen LogP) is 3.42. The number of carbonyl (C=O) groups is 1. The molecule has 0 radical (unpaired) electrons. The number of ketones is 1. The number of aromatic nitrogens is 2. The first kappa shape index (κ1) is 16.4. The monoisotopic (exact) mass is 342 g/mol. The van der Waals surface area contributed by atoms with Gasteiger partial charge in [-0.15, -0.1) is 11.3 Å². The summed E-state index contributed by atoms with van der Waals surface area (Å²) in [6.45, 7) is 3.68. The quantitative estimate of drug-likeness (QED) is 0.713. The summed E-state index contributed by atoms with van der Waals surface area (Å²) in [5.41, 5.74) is 1.67. The Bertz CT molecular complexity index is 972. The molecule has 0 aliphatic heterocycles. The molecule has 0 N–H and O–H groups in total. The maximum Gasteiger partial charge on any atom is 0.262 e. The summed E-state index contributed by atoms with van der Waals surface area (Å²) < 4.78 is 6.85. The topological polar surface area (TPSA) is 61.2 Å². The van der Waals surface area contributed by atoms with E-state index in [9.17, 15) is 9.59 Å². The molecule has 0 spiro atoms. The van der Waals surface area contributed by atoms with Gasteiger partial charge in [-0.1, -0.05) is 12.1 Å². The lowest BCUT2D eigenvalue weighted by molar-refractivity contribution is -0.117. The van der Waals surface area contributed by atoms with Gasteiger partial charge in [-0.05, 0) is 31.5 Å². The van der Waals surface area contributed by atoms with E-state index in [4.69, 9.17) is 4.74 Å². The summed E-state index contributed by atoms with van der Waals surface area (Å²) in [7, 11) is 1.62. The maximum absolute atomic E-state index is 13.0. The molecule has 0 amide bonds. The zero-order valence-corrected chi connectivity index (χ0v) is 14.6. The van der Waals surface area contributed by atoms with E-state index in [1.807, 2.05) is 29.6 Å². The number of aryl methyl sites for hydroxylation is 1. The molecule has 0 aliphatic carbocycles. The largest absolute Gasteiger partial charge is 0.497 e. The van der Waals surface area contributed by atoms with Gasteiger partial charge in [0.05, 0.1) is 12.5 Å². The fraction of sp³-hybridized carbons (Fsp3) is 0.278. The first-order valence-corrected chi connectivity index (χ1v) is 8.51. The van der Waals surface area contributed by atoms with Crippen molar-refractivity contribution in [1.29, 1.82) is 0 Å². The normalized spacial score (nSPS) is 11.0. The Balaban J connectivity index is 2.18. The standard InChI is InChI=1S/C18H18N2O3S/c1-11(21)7-8-20-12(2)19-17-16(18(20)22)15(10-24-17)13-5-4-6-14(9-13)23-3/h4-6,9-10H,7-8H2,1-3H3. The van der Waals surface area contributed by atoms with E-state index in [1.165, 1.54) is 18.3 Å². The van der Waals surface area contributed by atoms with E-state index in [2.05, 4.69) is 4.98 Å². The van der Waals surface area contributed by atoms with Gasteiger partial charge in [0.15, 0.2) is 0 Å². The summed E-state index contributed by atoms with van der Waals surface area (Å²) in [4.78, 5) is 29.5. The highest BCUT2D eigenvalue weighted by Crippen LogP contribution is 2.32. The smallest absolute Gasteiger partial charge is 0.262 e. The summed E-state index contributed by atoms with van der Waals surface area (Å²) in [5.74, 6) is 1.43. The zero-order chi connectivity index (χ0) is 17.3. The molecule has 0 saturated heterocycles. The first-order valence-electron chi connectivity index (χ1n) is 7.63. The molecular formula is C18H18N2O3S. The number of methoxy groups -OCH3 is 1. The van der Waals surface area contributed by atoms with Crippen molar-refractivity contribution in [1.82, 2.24) is 9.55 Å². The number of Topliss-reactive ketones (excluding diaryl/α,β-unsaturated/α-hetero) is 1. The number of ether oxygens (including phenoxy) is 1. The lowest BCUT2D eigenvalue weighted by Crippen LogP contribution is -2.24. The molecule has 0 saturated carbocycles. The van der Waals surface area contributed by atoms with Crippen LogP contribution in [0.5, 0.6) is 5.75 Å². The molecule has 3 rings (SSSR count). The van der Waals surface area contributed by atoms with Crippen LogP contribution in [0.25, 0.3) is 21.3 Å². The van der Waals surface area contributed by atoms with E-state index >= 15 is 0 Å². The van der Waals surface area contributed by atoms with Gasteiger partial charge in [0.25, 0.3) is 5.56 Å². The van der Waals surface area contributed by atoms with E-state index in [1.54, 1.807) is 18.6 Å². The molecule has 0 bridgehead atoms. The molecule has 0 aliphatic rings. The van der Waals surface area contributed by atoms with Gasteiger partial charge in [-0.2, -0.15) is 0 Å². The summed E-state index contributed by atoms with van der Waals surface area (Å²) >= 11 is 1.45. The molecule has 124 valence electrons. The molecule has 5 nitrogen and oxygen atoms in total. The minimum atomic E-state index is -0.0992. The van der Waals surface area contributed by atoms with Crippen LogP contribution in [0.15, 0.2) is 34.4 Å². The van der Waals surface area contributed by atoms with E-state index < -0.39 is 0 Å². The van der Waals surface area contributed by atoms with Gasteiger partial charge in [0, 0.05) is 23.9 Å². The Hall–Kier alpha value is -2.47. The number of rotatable bonds is 5. The van der Waals surface area contributed by atoms with Crippen LogP contribution >= 0.6 is 11.3 Å². The number of carbonyl (C=O) groups excluding carboxylic acids is 1. The van der Waals surface area contributed by atoms with Crippen LogP contribution in [0, 0.1) is 6.92 Å². The van der Waals surface area contributed by atoms with Gasteiger partial charge in [0.1, 0.15) is 22.2 Å². The lowest BCUT2D eigenvalue weighted by atomic mass is 10.1. The molecule has 2 heterocycles. The van der Waals surface area contributed by atoms with E-state index in [-0.39, 0.29) is 11.3 Å². The molecule has 24 heavy (non-hydrogen) atoms. The number of hydrogen-bond acceptors (Lipinski definition) is 5. The van der Waals surface area contributed by atoms with Gasteiger partial charge in [-0.25, -0.2) is 4.98 Å². The summed E-state index contributed by atoms with van der Waals surface area (Å²) in [5, 5.41) is 2.55. The van der Waals surface area contributed by atoms with Crippen molar-refractivity contribution < 1.29 is 9.53 Å². The van der Waals surface area contributed by atoms with E-state index in [0.717, 1.165) is 21.7 Å². The zero-order valence-electron chi connectivity index (χ0n) is 13.8. The van der Waals surface area contributed by atoms with Crippen LogP contribution in [0.2, 0.25) is 0 Å². The third-order valence-corrected chi connectivity index (χ3v) is 4.83. The van der Waals surface area contributed by atoms with E-state index in [0.29, 0.717) is 24.2 Å². The number of hydrogen-bond donors (Lipinski definition) is 0. The second-order valence-corrected chi connectivity index (χ2v) is 6.49. The fourth-order valence-electron chi connectivity index (χ4n) is 2.66. The van der Waals surface area contributed by atoms with Crippen LogP contribution in [-0.2, 0) is 11.3 Å². The highest BCUT2D eigenvalue weighted by atomic mass is 32.1. The number of fused-ring (bicyclic) bond motifs is 1. The summed E-state index contributed by atoms with van der Waals surface area (Å²) in [6, 6.07) is 7.61. The molecule has 0 atom stereocenters. The summed E-state index contributed by atoms with van der Waals surface area (Å²) in [6.07, 6.45) is 0.326. The third-order valence-electron chi connectivity index (χ3n) is 3.95. The van der Waals surface area contributed by atoms with Gasteiger partial charge < -0.3 is 4.74 Å². The molecule has 0 unspecified atom stereocenters. The maximum atomic E-state index is 13.0. The fourth-order valence-corrected chi connectivity index (χ4v) is 3.64. The Labute approximate surface area is 143 Å². The number of nitrogens with zero attached hydrogens (tertiary/aromatic N) is 2. The minimum absolute atomic E-state index is 0.0553. The highest BCUT2D eigenvalue weighted by Gasteiger charge is 2.16. The Kier molecular flexibility index (Phi) is 4.49. The lowest BCUT2D eigenvalue weighted by Gasteiger charge is -2.09. The molecule has 1 aromatic carbocycles. The average Bonchev–Trinajstić information content (AvgIpc) is 2.98. The Morgan fingerprint density at radius 3 is 2.88 bits per heavy atom. The van der Waals surface area contributed by atoms with Crippen LogP contribution in [0.1, 0.15) is 19.2 Å². The number of thiophene rings is 1. The van der Waals surface area contributed by atoms with Crippen molar-refractivity contribution in [3.8, 4) is 16.9 Å². The van der Waals surface area contributed by atoms with Crippen molar-refractivity contribution in [2.24, 2.45) is 0 Å². The number of benzene rings is 1. The van der Waals surface area contributed by atoms with Gasteiger partial charge in [-0.3, -0.25) is 14.2 Å². The highest BCUT2D eigenvalue weighted by molar-refractivity contribution is 7.17. The predicted molar refractivity (Wildman–Crippen MR) is 95.9 cm³/mol. The first-order chi connectivity index (χ1) is 11.5. The van der Waals surface area contributed by atoms with Gasteiger partial charge >= 0.3 is 0 Å². The second-order valence-electron chi connectivity index (χ2n) is 5.63. The second kappa shape index (κ2) is 6.57. The van der Waals surface area contributed by atoms with Crippen molar-refractivity contribution in [2.75, 3.05) is 7.11 Å². The van der Waals surface area contributed by atoms with Crippen molar-refractivity contribution in [2.45, 2.75) is 26.8 Å². The van der Waals surface area contributed by atoms with Crippen molar-refractivity contribution in [3.05, 3.63) is 45.8 Å². The molecule has 2 aromatic heterocycles. The van der Waals surface area contributed by atoms with Crippen molar-refractivity contribution >= 4 is 27.3 Å². The van der Waals surface area contributed by atoms with Crippen LogP contribution in [-0.4, -0.2) is 22.4 Å². The average molecular weight is 342 g/mol. The van der Waals surface area contributed by atoms with Crippen molar-refractivity contribution in [3.63, 3.8) is 0 Å². The molecular weight excluding hydrogens is 324 g/mol. The van der Waals surface area contributed by atoms with Crippen LogP contribution in [0.3, 0.4) is 0 Å². The minimum Gasteiger partial charge on any atom is -0.497 e. The molecule has 0 fully saturated rings. The third kappa shape index (κ3) is 2.97. The SMILES string of the molecule is COc1cccc(-c2csc3nc(C)n(CCC(C)=O)c(=O)c23)c1. The van der Waals surface area contributed by atoms with Crippen LogP contribution in [0.4, 0.5) is 0 Å². The molecule has 6 heteroatoms. The van der Waals surface area contributed by atoms with Crippen LogP contribution < -0.4 is 10.3 Å². The molecule has 3 aromatic rings.